The molecule has 2 aromatic heterocycles. The van der Waals surface area contributed by atoms with Gasteiger partial charge >= 0.3 is 5.97 Å². The van der Waals surface area contributed by atoms with Crippen LogP contribution in [0.15, 0.2) is 0 Å². The molecule has 1 amide bonds. The molecule has 2 heterocycles. The summed E-state index contributed by atoms with van der Waals surface area (Å²) in [5, 5.41) is 7.87. The number of carbonyl (C=O) groups is 2. The topological polar surface area (TPSA) is 73.2 Å². The number of anilines is 1. The van der Waals surface area contributed by atoms with Crippen LogP contribution in [0.2, 0.25) is 0 Å². The first-order chi connectivity index (χ1) is 12.4. The Bertz CT molecular complexity index is 851. The monoisotopic (exact) mass is 375 g/mol. The number of carbonyl (C=O) groups excluding carboxylic acids is 2. The molecule has 0 bridgehead atoms. The highest BCUT2D eigenvalue weighted by atomic mass is 32.1. The fourth-order valence-corrected chi connectivity index (χ4v) is 4.68. The molecule has 0 aliphatic heterocycles. The standard InChI is InChI=1S/C19H25N3O3S/c1-5-10-25-19(24)16-13-8-6-7-9-14(13)26-18(16)20-17(23)15-11(2)21-22(4)12(15)3/h5-10H2,1-4H3,(H,20,23). The number of aryl methyl sites for hydroxylation is 3. The molecule has 0 radical (unpaired) electrons. The lowest BCUT2D eigenvalue weighted by Gasteiger charge is -2.12. The zero-order valence-electron chi connectivity index (χ0n) is 15.8. The molecular weight excluding hydrogens is 350 g/mol. The minimum atomic E-state index is -0.332. The molecule has 1 aliphatic rings. The first-order valence-electron chi connectivity index (χ1n) is 9.07. The first-order valence-corrected chi connectivity index (χ1v) is 9.88. The van der Waals surface area contributed by atoms with E-state index in [0.29, 0.717) is 28.4 Å². The van der Waals surface area contributed by atoms with Gasteiger partial charge in [-0.3, -0.25) is 9.48 Å². The van der Waals surface area contributed by atoms with Gasteiger partial charge in [0.25, 0.3) is 5.91 Å². The molecule has 3 rings (SSSR count). The molecule has 6 nitrogen and oxygen atoms in total. The number of aromatic nitrogens is 2. The van der Waals surface area contributed by atoms with Crippen molar-refractivity contribution in [2.45, 2.75) is 52.9 Å². The van der Waals surface area contributed by atoms with Crippen molar-refractivity contribution in [2.75, 3.05) is 11.9 Å². The Hall–Kier alpha value is -2.15. The number of amides is 1. The maximum atomic E-state index is 12.9. The predicted octanol–water partition coefficient (Wildman–Crippen LogP) is 3.80. The zero-order chi connectivity index (χ0) is 18.8. The molecule has 0 spiro atoms. The lowest BCUT2D eigenvalue weighted by Crippen LogP contribution is -2.17. The van der Waals surface area contributed by atoms with Gasteiger partial charge in [0.1, 0.15) is 5.00 Å². The molecule has 0 saturated carbocycles. The molecule has 0 saturated heterocycles. The highest BCUT2D eigenvalue weighted by Gasteiger charge is 2.28. The third kappa shape index (κ3) is 3.40. The summed E-state index contributed by atoms with van der Waals surface area (Å²) in [6, 6.07) is 0. The Morgan fingerprint density at radius 3 is 2.62 bits per heavy atom. The number of hydrogen-bond acceptors (Lipinski definition) is 5. The molecule has 7 heteroatoms. The molecule has 0 atom stereocenters. The number of rotatable bonds is 5. The van der Waals surface area contributed by atoms with E-state index in [1.165, 1.54) is 16.2 Å². The summed E-state index contributed by atoms with van der Waals surface area (Å²) in [7, 11) is 1.82. The molecular formula is C19H25N3O3S. The van der Waals surface area contributed by atoms with E-state index in [9.17, 15) is 9.59 Å². The normalized spacial score (nSPS) is 13.4. The van der Waals surface area contributed by atoms with E-state index >= 15 is 0 Å². The van der Waals surface area contributed by atoms with Gasteiger partial charge in [0.15, 0.2) is 0 Å². The van der Waals surface area contributed by atoms with Crippen LogP contribution in [-0.2, 0) is 24.6 Å². The van der Waals surface area contributed by atoms with E-state index in [1.807, 2.05) is 27.8 Å². The van der Waals surface area contributed by atoms with Crippen LogP contribution in [0, 0.1) is 13.8 Å². The minimum absolute atomic E-state index is 0.226. The van der Waals surface area contributed by atoms with E-state index in [1.54, 1.807) is 4.68 Å². The SMILES string of the molecule is CCCOC(=O)c1c(NC(=O)c2c(C)nn(C)c2C)sc2c1CCCC2. The highest BCUT2D eigenvalue weighted by Crippen LogP contribution is 2.39. The molecule has 0 fully saturated rings. The second-order valence-electron chi connectivity index (χ2n) is 6.67. The molecule has 1 aliphatic carbocycles. The van der Waals surface area contributed by atoms with Gasteiger partial charge in [-0.2, -0.15) is 5.10 Å². The lowest BCUT2D eigenvalue weighted by atomic mass is 9.95. The summed E-state index contributed by atoms with van der Waals surface area (Å²) in [6.45, 7) is 6.03. The van der Waals surface area contributed by atoms with Gasteiger partial charge in [-0.25, -0.2) is 4.79 Å². The van der Waals surface area contributed by atoms with E-state index in [0.717, 1.165) is 43.4 Å². The van der Waals surface area contributed by atoms with Crippen molar-refractivity contribution >= 4 is 28.2 Å². The van der Waals surface area contributed by atoms with Gasteiger partial charge in [-0.1, -0.05) is 6.92 Å². The van der Waals surface area contributed by atoms with Gasteiger partial charge in [0.05, 0.1) is 23.4 Å². The third-order valence-corrected chi connectivity index (χ3v) is 5.98. The summed E-state index contributed by atoms with van der Waals surface area (Å²) < 4.78 is 7.08. The van der Waals surface area contributed by atoms with Crippen molar-refractivity contribution in [3.63, 3.8) is 0 Å². The molecule has 0 aromatic carbocycles. The fourth-order valence-electron chi connectivity index (χ4n) is 3.40. The molecule has 140 valence electrons. The summed E-state index contributed by atoms with van der Waals surface area (Å²) >= 11 is 1.51. The number of fused-ring (bicyclic) bond motifs is 1. The number of thiophene rings is 1. The summed E-state index contributed by atoms with van der Waals surface area (Å²) in [6.07, 6.45) is 4.77. The predicted molar refractivity (Wildman–Crippen MR) is 102 cm³/mol. The lowest BCUT2D eigenvalue weighted by molar-refractivity contribution is 0.0505. The van der Waals surface area contributed by atoms with Crippen LogP contribution in [0.25, 0.3) is 0 Å². The minimum Gasteiger partial charge on any atom is -0.462 e. The van der Waals surface area contributed by atoms with Crippen LogP contribution < -0.4 is 5.32 Å². The van der Waals surface area contributed by atoms with Gasteiger partial charge in [-0.05, 0) is 51.5 Å². The molecule has 26 heavy (non-hydrogen) atoms. The summed E-state index contributed by atoms with van der Waals surface area (Å²) in [4.78, 5) is 26.7. The fraction of sp³-hybridized carbons (Fsp3) is 0.526. The van der Waals surface area contributed by atoms with Crippen molar-refractivity contribution in [3.05, 3.63) is 33.0 Å². The zero-order valence-corrected chi connectivity index (χ0v) is 16.6. The van der Waals surface area contributed by atoms with Gasteiger partial charge in [-0.15, -0.1) is 11.3 Å². The molecule has 0 unspecified atom stereocenters. The van der Waals surface area contributed by atoms with Crippen molar-refractivity contribution in [2.24, 2.45) is 7.05 Å². The first kappa shape index (κ1) is 18.6. The average Bonchev–Trinajstić information content (AvgIpc) is 3.09. The van der Waals surface area contributed by atoms with Crippen LogP contribution in [0.3, 0.4) is 0 Å². The van der Waals surface area contributed by atoms with Crippen LogP contribution in [0.4, 0.5) is 5.00 Å². The maximum Gasteiger partial charge on any atom is 0.341 e. The number of nitrogens with zero attached hydrogens (tertiary/aromatic N) is 2. The smallest absolute Gasteiger partial charge is 0.341 e. The van der Waals surface area contributed by atoms with Gasteiger partial charge in [0.2, 0.25) is 0 Å². The second kappa shape index (κ2) is 7.61. The number of esters is 1. The van der Waals surface area contributed by atoms with Crippen molar-refractivity contribution in [1.82, 2.24) is 9.78 Å². The number of nitrogens with one attached hydrogen (secondary N) is 1. The number of ether oxygens (including phenoxy) is 1. The van der Waals surface area contributed by atoms with Crippen molar-refractivity contribution < 1.29 is 14.3 Å². The van der Waals surface area contributed by atoms with E-state index in [-0.39, 0.29) is 11.9 Å². The molecule has 1 N–H and O–H groups in total. The Labute approximate surface area is 157 Å². The highest BCUT2D eigenvalue weighted by molar-refractivity contribution is 7.17. The van der Waals surface area contributed by atoms with E-state index in [4.69, 9.17) is 4.74 Å². The van der Waals surface area contributed by atoms with Crippen LogP contribution in [0.1, 0.15) is 68.7 Å². The van der Waals surface area contributed by atoms with E-state index < -0.39 is 0 Å². The third-order valence-electron chi connectivity index (χ3n) is 4.78. The maximum absolute atomic E-state index is 12.9. The Morgan fingerprint density at radius 1 is 1.23 bits per heavy atom. The largest absolute Gasteiger partial charge is 0.462 e. The van der Waals surface area contributed by atoms with Crippen LogP contribution >= 0.6 is 11.3 Å². The van der Waals surface area contributed by atoms with E-state index in [2.05, 4.69) is 10.4 Å². The number of hydrogen-bond donors (Lipinski definition) is 1. The summed E-state index contributed by atoms with van der Waals surface area (Å²) in [5.41, 5.74) is 3.64. The van der Waals surface area contributed by atoms with Crippen molar-refractivity contribution in [1.29, 1.82) is 0 Å². The Morgan fingerprint density at radius 2 is 1.96 bits per heavy atom. The Balaban J connectivity index is 1.95. The van der Waals surface area contributed by atoms with Gasteiger partial charge < -0.3 is 10.1 Å². The van der Waals surface area contributed by atoms with Crippen LogP contribution in [-0.4, -0.2) is 28.3 Å². The quantitative estimate of drug-likeness (QED) is 0.807. The second-order valence-corrected chi connectivity index (χ2v) is 7.78. The average molecular weight is 375 g/mol. The van der Waals surface area contributed by atoms with Crippen molar-refractivity contribution in [3.8, 4) is 0 Å². The molecule has 2 aromatic rings. The van der Waals surface area contributed by atoms with Gasteiger partial charge in [0, 0.05) is 17.6 Å². The summed E-state index contributed by atoms with van der Waals surface area (Å²) in [5.74, 6) is -0.558. The van der Waals surface area contributed by atoms with Crippen LogP contribution in [0.5, 0.6) is 0 Å². The Kier molecular flexibility index (Phi) is 5.46.